The van der Waals surface area contributed by atoms with Crippen LogP contribution < -0.4 is 4.74 Å². The van der Waals surface area contributed by atoms with Gasteiger partial charge in [0, 0.05) is 5.56 Å². The summed E-state index contributed by atoms with van der Waals surface area (Å²) in [4.78, 5) is 0. The Balaban J connectivity index is 2.89. The van der Waals surface area contributed by atoms with Crippen LogP contribution in [0.1, 0.15) is 31.9 Å². The van der Waals surface area contributed by atoms with Crippen LogP contribution in [0.25, 0.3) is 0 Å². The van der Waals surface area contributed by atoms with Gasteiger partial charge >= 0.3 is 0 Å². The van der Waals surface area contributed by atoms with Crippen molar-refractivity contribution in [2.45, 2.75) is 32.5 Å². The Hall–Kier alpha value is -1.13. The summed E-state index contributed by atoms with van der Waals surface area (Å²) in [5, 5.41) is 9.19. The number of ether oxygens (including phenoxy) is 2. The molecular formula is C13H19FO3. The maximum atomic E-state index is 13.2. The predicted molar refractivity (Wildman–Crippen MR) is 63.6 cm³/mol. The van der Waals surface area contributed by atoms with Crippen LogP contribution in [0, 0.1) is 5.82 Å². The van der Waals surface area contributed by atoms with E-state index in [1.54, 1.807) is 13.0 Å². The lowest BCUT2D eigenvalue weighted by atomic mass is 10.1. The fourth-order valence-electron chi connectivity index (χ4n) is 1.64. The van der Waals surface area contributed by atoms with Crippen LogP contribution >= 0.6 is 0 Å². The molecule has 0 aliphatic rings. The summed E-state index contributed by atoms with van der Waals surface area (Å²) in [6, 6.07) is 4.35. The molecule has 0 unspecified atom stereocenters. The molecule has 0 heterocycles. The minimum atomic E-state index is -0.538. The number of hydrogen-bond donors (Lipinski definition) is 1. The van der Waals surface area contributed by atoms with Gasteiger partial charge in [-0.1, -0.05) is 6.92 Å². The molecule has 17 heavy (non-hydrogen) atoms. The first kappa shape index (κ1) is 13.9. The Kier molecular flexibility index (Phi) is 5.38. The summed E-state index contributed by atoms with van der Waals surface area (Å²) >= 11 is 0. The molecule has 3 nitrogen and oxygen atoms in total. The lowest BCUT2D eigenvalue weighted by Gasteiger charge is -2.20. The highest BCUT2D eigenvalue weighted by molar-refractivity contribution is 5.35. The summed E-state index contributed by atoms with van der Waals surface area (Å²) in [5.41, 5.74) is 0.677. The van der Waals surface area contributed by atoms with Gasteiger partial charge in [0.15, 0.2) is 0 Å². The normalized spacial score (nSPS) is 14.4. The monoisotopic (exact) mass is 242 g/mol. The number of benzene rings is 1. The van der Waals surface area contributed by atoms with Crippen LogP contribution in [0.5, 0.6) is 5.75 Å². The minimum Gasteiger partial charge on any atom is -0.496 e. The van der Waals surface area contributed by atoms with Gasteiger partial charge in [0.05, 0.1) is 25.9 Å². The van der Waals surface area contributed by atoms with E-state index in [1.165, 1.54) is 19.2 Å². The van der Waals surface area contributed by atoms with Crippen LogP contribution in [0.2, 0.25) is 0 Å². The van der Waals surface area contributed by atoms with Crippen LogP contribution in [0.4, 0.5) is 4.39 Å². The van der Waals surface area contributed by atoms with Gasteiger partial charge in [0.25, 0.3) is 0 Å². The van der Waals surface area contributed by atoms with Gasteiger partial charge in [-0.3, -0.25) is 0 Å². The van der Waals surface area contributed by atoms with E-state index < -0.39 is 6.10 Å². The summed E-state index contributed by atoms with van der Waals surface area (Å²) in [6.07, 6.45) is -0.120. The van der Waals surface area contributed by atoms with Crippen molar-refractivity contribution in [3.05, 3.63) is 29.6 Å². The molecule has 1 rings (SSSR count). The summed E-state index contributed by atoms with van der Waals surface area (Å²) in [6.45, 7) is 3.81. The second kappa shape index (κ2) is 6.57. The van der Waals surface area contributed by atoms with Crippen molar-refractivity contribution in [2.75, 3.05) is 13.7 Å². The molecule has 0 fully saturated rings. The van der Waals surface area contributed by atoms with E-state index in [2.05, 4.69) is 0 Å². The molecule has 0 radical (unpaired) electrons. The Bertz CT molecular complexity index is 353. The first-order valence-corrected chi connectivity index (χ1v) is 5.71. The molecule has 1 aromatic carbocycles. The minimum absolute atomic E-state index is 0.220. The molecule has 1 aromatic rings. The maximum Gasteiger partial charge on any atom is 0.124 e. The quantitative estimate of drug-likeness (QED) is 0.833. The van der Waals surface area contributed by atoms with Crippen molar-refractivity contribution in [1.82, 2.24) is 0 Å². The van der Waals surface area contributed by atoms with E-state index in [9.17, 15) is 9.50 Å². The lowest BCUT2D eigenvalue weighted by molar-refractivity contribution is -0.00645. The molecule has 0 saturated carbocycles. The molecule has 0 amide bonds. The molecule has 0 spiro atoms. The molecule has 96 valence electrons. The van der Waals surface area contributed by atoms with Crippen molar-refractivity contribution < 1.29 is 19.0 Å². The number of rotatable bonds is 6. The zero-order valence-corrected chi connectivity index (χ0v) is 10.4. The summed E-state index contributed by atoms with van der Waals surface area (Å²) in [7, 11) is 1.54. The maximum absolute atomic E-state index is 13.2. The summed E-state index contributed by atoms with van der Waals surface area (Å²) in [5.74, 6) is 0.281. The second-order valence-corrected chi connectivity index (χ2v) is 3.97. The molecule has 2 atom stereocenters. The van der Waals surface area contributed by atoms with E-state index in [1.807, 2.05) is 6.92 Å². The zero-order valence-electron chi connectivity index (χ0n) is 10.4. The second-order valence-electron chi connectivity index (χ2n) is 3.97. The van der Waals surface area contributed by atoms with Gasteiger partial charge in [-0.05, 0) is 31.5 Å². The summed E-state index contributed by atoms with van der Waals surface area (Å²) < 4.78 is 23.9. The number of aliphatic hydroxyl groups excluding tert-OH is 1. The zero-order chi connectivity index (χ0) is 12.8. The van der Waals surface area contributed by atoms with E-state index in [4.69, 9.17) is 9.47 Å². The van der Waals surface area contributed by atoms with Crippen molar-refractivity contribution >= 4 is 0 Å². The fourth-order valence-corrected chi connectivity index (χ4v) is 1.64. The Morgan fingerprint density at radius 2 is 2.12 bits per heavy atom. The lowest BCUT2D eigenvalue weighted by Crippen LogP contribution is -2.14. The first-order chi connectivity index (χ1) is 8.08. The molecule has 0 saturated heterocycles. The largest absolute Gasteiger partial charge is 0.496 e. The van der Waals surface area contributed by atoms with Crippen LogP contribution in [-0.2, 0) is 4.74 Å². The third-order valence-corrected chi connectivity index (χ3v) is 2.45. The third kappa shape index (κ3) is 3.98. The Morgan fingerprint density at radius 1 is 1.41 bits per heavy atom. The highest BCUT2D eigenvalue weighted by Gasteiger charge is 2.16. The molecule has 0 aliphatic carbocycles. The van der Waals surface area contributed by atoms with Crippen LogP contribution in [0.15, 0.2) is 18.2 Å². The molecule has 0 aliphatic heterocycles. The fraction of sp³-hybridized carbons (Fsp3) is 0.538. The third-order valence-electron chi connectivity index (χ3n) is 2.45. The van der Waals surface area contributed by atoms with Gasteiger partial charge in [0.1, 0.15) is 11.6 Å². The van der Waals surface area contributed by atoms with Gasteiger partial charge in [0.2, 0.25) is 0 Å². The van der Waals surface area contributed by atoms with E-state index >= 15 is 0 Å². The van der Waals surface area contributed by atoms with Gasteiger partial charge in [-0.2, -0.15) is 0 Å². The molecule has 0 bridgehead atoms. The number of hydrogen-bond acceptors (Lipinski definition) is 3. The number of halogens is 1. The van der Waals surface area contributed by atoms with Gasteiger partial charge in [-0.25, -0.2) is 4.39 Å². The van der Waals surface area contributed by atoms with Crippen LogP contribution in [0.3, 0.4) is 0 Å². The first-order valence-electron chi connectivity index (χ1n) is 5.71. The van der Waals surface area contributed by atoms with E-state index in [0.717, 1.165) is 0 Å². The standard InChI is InChI=1S/C13H19FO3/c1-4-12(17-8-9(2)15)11-7-10(14)5-6-13(11)16-3/h5-7,9,12,15H,4,8H2,1-3H3/t9-,12+/m1/s1. The van der Waals surface area contributed by atoms with Crippen molar-refractivity contribution in [2.24, 2.45) is 0 Å². The smallest absolute Gasteiger partial charge is 0.124 e. The van der Waals surface area contributed by atoms with Crippen molar-refractivity contribution in [3.63, 3.8) is 0 Å². The Morgan fingerprint density at radius 3 is 2.65 bits per heavy atom. The van der Waals surface area contributed by atoms with E-state index in [0.29, 0.717) is 17.7 Å². The number of aliphatic hydroxyl groups is 1. The van der Waals surface area contributed by atoms with Gasteiger partial charge < -0.3 is 14.6 Å². The average molecular weight is 242 g/mol. The SMILES string of the molecule is CC[C@H](OC[C@@H](C)O)c1cc(F)ccc1OC. The highest BCUT2D eigenvalue weighted by atomic mass is 19.1. The predicted octanol–water partition coefficient (Wildman–Crippen LogP) is 2.68. The van der Waals surface area contributed by atoms with Crippen molar-refractivity contribution in [1.29, 1.82) is 0 Å². The highest BCUT2D eigenvalue weighted by Crippen LogP contribution is 2.30. The van der Waals surface area contributed by atoms with E-state index in [-0.39, 0.29) is 18.5 Å². The Labute approximate surface area is 101 Å². The van der Waals surface area contributed by atoms with Crippen molar-refractivity contribution in [3.8, 4) is 5.75 Å². The van der Waals surface area contributed by atoms with Gasteiger partial charge in [-0.15, -0.1) is 0 Å². The molecule has 1 N–H and O–H groups in total. The van der Waals surface area contributed by atoms with Crippen LogP contribution in [-0.4, -0.2) is 24.9 Å². The molecular weight excluding hydrogens is 223 g/mol. The molecule has 4 heteroatoms. The average Bonchev–Trinajstić information content (AvgIpc) is 2.30. The topological polar surface area (TPSA) is 38.7 Å². The molecule has 0 aromatic heterocycles. The number of methoxy groups -OCH3 is 1.